The van der Waals surface area contributed by atoms with Crippen LogP contribution in [0.5, 0.6) is 0 Å². The quantitative estimate of drug-likeness (QED) is 0.758. The predicted molar refractivity (Wildman–Crippen MR) is 86.9 cm³/mol. The van der Waals surface area contributed by atoms with E-state index in [0.29, 0.717) is 24.0 Å². The molecule has 2 nitrogen and oxygen atoms in total. The number of carbonyl (C=O) groups excluding carboxylic acids is 1. The van der Waals surface area contributed by atoms with E-state index < -0.39 is 0 Å². The third-order valence-corrected chi connectivity index (χ3v) is 4.67. The Balaban J connectivity index is 2.07. The normalized spacial score (nSPS) is 17.7. The molecule has 1 atom stereocenters. The van der Waals surface area contributed by atoms with Gasteiger partial charge in [-0.15, -0.1) is 0 Å². The lowest BCUT2D eigenvalue weighted by Crippen LogP contribution is -2.35. The van der Waals surface area contributed by atoms with Gasteiger partial charge in [0.25, 0.3) is 0 Å². The Hall–Kier alpha value is -0.860. The fourth-order valence-corrected chi connectivity index (χ4v) is 3.49. The summed E-state index contributed by atoms with van der Waals surface area (Å²) in [6.45, 7) is 4.55. The van der Waals surface area contributed by atoms with Gasteiger partial charge in [-0.05, 0) is 49.8 Å². The van der Waals surface area contributed by atoms with E-state index in [-0.39, 0.29) is 11.9 Å². The summed E-state index contributed by atoms with van der Waals surface area (Å²) < 4.78 is 5.79. The van der Waals surface area contributed by atoms with E-state index in [9.17, 15) is 4.79 Å². The third kappa shape index (κ3) is 4.55. The fourth-order valence-electron chi connectivity index (χ4n) is 3.19. The molecule has 2 rings (SSSR count). The van der Waals surface area contributed by atoms with Crippen molar-refractivity contribution < 1.29 is 9.53 Å². The van der Waals surface area contributed by atoms with Gasteiger partial charge in [-0.1, -0.05) is 43.0 Å². The van der Waals surface area contributed by atoms with Gasteiger partial charge in [-0.25, -0.2) is 0 Å². The minimum Gasteiger partial charge on any atom is -0.370 e. The maximum atomic E-state index is 12.7. The summed E-state index contributed by atoms with van der Waals surface area (Å²) in [6.07, 6.45) is 6.05. The molecule has 116 valence electrons. The second kappa shape index (κ2) is 7.95. The van der Waals surface area contributed by atoms with Crippen LogP contribution in [0.1, 0.15) is 50.2 Å². The monoisotopic (exact) mass is 308 g/mol. The van der Waals surface area contributed by atoms with Gasteiger partial charge in [0.15, 0.2) is 5.78 Å². The molecule has 0 amide bonds. The smallest absolute Gasteiger partial charge is 0.166 e. The van der Waals surface area contributed by atoms with Crippen molar-refractivity contribution in [3.8, 4) is 0 Å². The first-order valence-corrected chi connectivity index (χ1v) is 8.39. The molecule has 1 fully saturated rings. The third-order valence-electron chi connectivity index (χ3n) is 4.31. The Kier molecular flexibility index (Phi) is 6.25. The molecule has 0 aromatic heterocycles. The van der Waals surface area contributed by atoms with Gasteiger partial charge < -0.3 is 4.74 Å². The number of ether oxygens (including phenoxy) is 1. The summed E-state index contributed by atoms with van der Waals surface area (Å²) in [5.41, 5.74) is 2.03. The highest BCUT2D eigenvalue weighted by Crippen LogP contribution is 2.29. The number of Topliss-reactive ketones (excluding diaryl/α,β-unsaturated/α-hetero) is 1. The SMILES string of the molecule is CCOC(C(=O)Cc1ccc(C)cc1Cl)C1CCCCC1. The van der Waals surface area contributed by atoms with Crippen LogP contribution in [0.4, 0.5) is 0 Å². The van der Waals surface area contributed by atoms with Crippen molar-refractivity contribution in [2.24, 2.45) is 5.92 Å². The second-order valence-electron chi connectivity index (χ2n) is 6.01. The zero-order valence-corrected chi connectivity index (χ0v) is 13.8. The van der Waals surface area contributed by atoms with Crippen LogP contribution >= 0.6 is 11.6 Å². The van der Waals surface area contributed by atoms with Crippen LogP contribution in [-0.4, -0.2) is 18.5 Å². The van der Waals surface area contributed by atoms with Crippen LogP contribution < -0.4 is 0 Å². The van der Waals surface area contributed by atoms with E-state index >= 15 is 0 Å². The number of aryl methyl sites for hydroxylation is 1. The second-order valence-corrected chi connectivity index (χ2v) is 6.42. The lowest BCUT2D eigenvalue weighted by molar-refractivity contribution is -0.134. The molecule has 0 saturated heterocycles. The van der Waals surface area contributed by atoms with Crippen molar-refractivity contribution in [3.63, 3.8) is 0 Å². The largest absolute Gasteiger partial charge is 0.370 e. The molecule has 0 aliphatic heterocycles. The van der Waals surface area contributed by atoms with E-state index in [1.165, 1.54) is 19.3 Å². The lowest BCUT2D eigenvalue weighted by Gasteiger charge is -2.29. The lowest BCUT2D eigenvalue weighted by atomic mass is 9.82. The number of carbonyl (C=O) groups is 1. The molecule has 1 saturated carbocycles. The molecular weight excluding hydrogens is 284 g/mol. The van der Waals surface area contributed by atoms with Crippen LogP contribution in [0.3, 0.4) is 0 Å². The van der Waals surface area contributed by atoms with Gasteiger partial charge in [0.05, 0.1) is 0 Å². The minimum atomic E-state index is -0.257. The Morgan fingerprint density at radius 3 is 2.67 bits per heavy atom. The number of hydrogen-bond donors (Lipinski definition) is 0. The standard InChI is InChI=1S/C18H25ClO2/c1-3-21-18(14-7-5-4-6-8-14)17(20)12-15-10-9-13(2)11-16(15)19/h9-11,14,18H,3-8,12H2,1-2H3. The number of rotatable bonds is 6. The van der Waals surface area contributed by atoms with E-state index in [2.05, 4.69) is 0 Å². The first kappa shape index (κ1) is 16.5. The van der Waals surface area contributed by atoms with Gasteiger partial charge in [0.2, 0.25) is 0 Å². The molecule has 0 heterocycles. The highest BCUT2D eigenvalue weighted by molar-refractivity contribution is 6.31. The molecular formula is C18H25ClO2. The first-order chi connectivity index (χ1) is 10.1. The summed E-state index contributed by atoms with van der Waals surface area (Å²) >= 11 is 6.25. The Morgan fingerprint density at radius 1 is 1.33 bits per heavy atom. The van der Waals surface area contributed by atoms with E-state index in [0.717, 1.165) is 24.0 Å². The van der Waals surface area contributed by atoms with Crippen LogP contribution in [-0.2, 0) is 16.0 Å². The van der Waals surface area contributed by atoms with Gasteiger partial charge in [-0.3, -0.25) is 4.79 Å². The molecule has 1 aromatic carbocycles. The molecule has 0 radical (unpaired) electrons. The topological polar surface area (TPSA) is 26.3 Å². The van der Waals surface area contributed by atoms with E-state index in [1.807, 2.05) is 32.0 Å². The summed E-state index contributed by atoms with van der Waals surface area (Å²) in [7, 11) is 0. The van der Waals surface area contributed by atoms with E-state index in [1.54, 1.807) is 0 Å². The summed E-state index contributed by atoms with van der Waals surface area (Å²) in [4.78, 5) is 12.7. The van der Waals surface area contributed by atoms with Crippen molar-refractivity contribution in [1.29, 1.82) is 0 Å². The van der Waals surface area contributed by atoms with Crippen LogP contribution in [0, 0.1) is 12.8 Å². The predicted octanol–water partition coefficient (Wildman–Crippen LogP) is 4.75. The Morgan fingerprint density at radius 2 is 2.05 bits per heavy atom. The Bertz CT molecular complexity index is 478. The Labute approximate surface area is 132 Å². The molecule has 21 heavy (non-hydrogen) atoms. The molecule has 0 spiro atoms. The number of benzene rings is 1. The molecule has 1 aromatic rings. The molecule has 1 aliphatic carbocycles. The van der Waals surface area contributed by atoms with Gasteiger partial charge in [0.1, 0.15) is 6.10 Å². The van der Waals surface area contributed by atoms with Crippen molar-refractivity contribution >= 4 is 17.4 Å². The zero-order valence-electron chi connectivity index (χ0n) is 13.0. The van der Waals surface area contributed by atoms with Gasteiger partial charge in [0, 0.05) is 18.1 Å². The van der Waals surface area contributed by atoms with Crippen LogP contribution in [0.25, 0.3) is 0 Å². The summed E-state index contributed by atoms with van der Waals surface area (Å²) in [5, 5.41) is 0.683. The number of ketones is 1. The minimum absolute atomic E-state index is 0.175. The number of hydrogen-bond acceptors (Lipinski definition) is 2. The van der Waals surface area contributed by atoms with E-state index in [4.69, 9.17) is 16.3 Å². The van der Waals surface area contributed by atoms with Crippen LogP contribution in [0.2, 0.25) is 5.02 Å². The highest BCUT2D eigenvalue weighted by atomic mass is 35.5. The maximum absolute atomic E-state index is 12.7. The summed E-state index contributed by atoms with van der Waals surface area (Å²) in [6, 6.07) is 5.88. The average Bonchev–Trinajstić information content (AvgIpc) is 2.48. The molecule has 0 bridgehead atoms. The first-order valence-electron chi connectivity index (χ1n) is 8.01. The molecule has 0 N–H and O–H groups in total. The highest BCUT2D eigenvalue weighted by Gasteiger charge is 2.30. The maximum Gasteiger partial charge on any atom is 0.166 e. The van der Waals surface area contributed by atoms with Crippen molar-refractivity contribution in [1.82, 2.24) is 0 Å². The van der Waals surface area contributed by atoms with Crippen molar-refractivity contribution in [2.45, 2.75) is 58.5 Å². The number of halogens is 1. The summed E-state index contributed by atoms with van der Waals surface area (Å²) in [5.74, 6) is 0.560. The zero-order chi connectivity index (χ0) is 15.2. The van der Waals surface area contributed by atoms with Gasteiger partial charge in [-0.2, -0.15) is 0 Å². The average molecular weight is 309 g/mol. The molecule has 1 unspecified atom stereocenters. The van der Waals surface area contributed by atoms with Crippen molar-refractivity contribution in [3.05, 3.63) is 34.3 Å². The van der Waals surface area contributed by atoms with Crippen molar-refractivity contribution in [2.75, 3.05) is 6.61 Å². The van der Waals surface area contributed by atoms with Crippen LogP contribution in [0.15, 0.2) is 18.2 Å². The molecule has 3 heteroatoms. The molecule has 1 aliphatic rings. The van der Waals surface area contributed by atoms with Gasteiger partial charge >= 0.3 is 0 Å². The fraction of sp³-hybridized carbons (Fsp3) is 0.611.